The van der Waals surface area contributed by atoms with E-state index in [1.807, 2.05) is 30.3 Å². The number of likely N-dealkylation sites (N-methyl/N-ethyl adjacent to an activating group) is 1. The summed E-state index contributed by atoms with van der Waals surface area (Å²) in [5, 5.41) is 4.21. The number of nitrogens with zero attached hydrogens (tertiary/aromatic N) is 3. The number of methoxy groups -OCH3 is 1. The van der Waals surface area contributed by atoms with E-state index < -0.39 is 18.5 Å². The zero-order chi connectivity index (χ0) is 20.8. The average molecular weight is 397 g/mol. The highest BCUT2D eigenvalue weighted by atomic mass is 19.1. The number of esters is 1. The second-order valence-corrected chi connectivity index (χ2v) is 6.28. The van der Waals surface area contributed by atoms with E-state index in [-0.39, 0.29) is 23.8 Å². The Labute approximate surface area is 167 Å². The number of halogens is 1. The van der Waals surface area contributed by atoms with E-state index in [0.717, 1.165) is 11.3 Å². The van der Waals surface area contributed by atoms with Crippen LogP contribution in [0.3, 0.4) is 0 Å². The third kappa shape index (κ3) is 4.98. The molecule has 1 aromatic heterocycles. The number of ether oxygens (including phenoxy) is 2. The van der Waals surface area contributed by atoms with Gasteiger partial charge in [-0.25, -0.2) is 13.9 Å². The number of amides is 1. The lowest BCUT2D eigenvalue weighted by Gasteiger charge is -2.17. The Hall–Kier alpha value is -3.68. The molecule has 0 aliphatic carbocycles. The van der Waals surface area contributed by atoms with E-state index in [4.69, 9.17) is 9.47 Å². The van der Waals surface area contributed by atoms with E-state index in [1.165, 1.54) is 28.8 Å². The van der Waals surface area contributed by atoms with Crippen LogP contribution in [0.5, 0.6) is 5.75 Å². The van der Waals surface area contributed by atoms with Crippen LogP contribution in [-0.2, 0) is 16.1 Å². The van der Waals surface area contributed by atoms with Crippen LogP contribution in [-0.4, -0.2) is 47.3 Å². The SMILES string of the molecule is COc1cn(-c2ccccc2)nc1C(=O)OCC(=O)N(C)Cc1ccc(F)cc1. The van der Waals surface area contributed by atoms with Crippen LogP contribution in [0, 0.1) is 5.82 Å². The molecule has 0 spiro atoms. The van der Waals surface area contributed by atoms with Gasteiger partial charge < -0.3 is 14.4 Å². The number of carbonyl (C=O) groups is 2. The molecule has 0 N–H and O–H groups in total. The molecular formula is C21H20FN3O4. The molecular weight excluding hydrogens is 377 g/mol. The number of aromatic nitrogens is 2. The highest BCUT2D eigenvalue weighted by molar-refractivity contribution is 5.92. The molecule has 7 nitrogen and oxygen atoms in total. The van der Waals surface area contributed by atoms with Crippen LogP contribution >= 0.6 is 0 Å². The average Bonchev–Trinajstić information content (AvgIpc) is 3.18. The summed E-state index contributed by atoms with van der Waals surface area (Å²) in [5.74, 6) is -1.27. The molecule has 0 saturated heterocycles. The second kappa shape index (κ2) is 9.01. The van der Waals surface area contributed by atoms with Crippen molar-refractivity contribution in [3.8, 4) is 11.4 Å². The van der Waals surface area contributed by atoms with Gasteiger partial charge in [0, 0.05) is 13.6 Å². The predicted molar refractivity (Wildman–Crippen MR) is 103 cm³/mol. The van der Waals surface area contributed by atoms with Crippen molar-refractivity contribution in [2.75, 3.05) is 20.8 Å². The molecule has 0 aliphatic heterocycles. The molecule has 0 radical (unpaired) electrons. The first-order chi connectivity index (χ1) is 14.0. The summed E-state index contributed by atoms with van der Waals surface area (Å²) >= 11 is 0. The van der Waals surface area contributed by atoms with Crippen molar-refractivity contribution in [1.82, 2.24) is 14.7 Å². The molecule has 8 heteroatoms. The zero-order valence-electron chi connectivity index (χ0n) is 16.0. The Morgan fingerprint density at radius 3 is 2.45 bits per heavy atom. The smallest absolute Gasteiger partial charge is 0.363 e. The van der Waals surface area contributed by atoms with Crippen molar-refractivity contribution < 1.29 is 23.5 Å². The maximum Gasteiger partial charge on any atom is 0.363 e. The van der Waals surface area contributed by atoms with Crippen LogP contribution in [0.4, 0.5) is 4.39 Å². The van der Waals surface area contributed by atoms with Crippen LogP contribution < -0.4 is 4.74 Å². The summed E-state index contributed by atoms with van der Waals surface area (Å²) in [6.45, 7) is -0.180. The maximum atomic E-state index is 13.0. The van der Waals surface area contributed by atoms with Crippen LogP contribution in [0.1, 0.15) is 16.1 Å². The minimum atomic E-state index is -0.764. The van der Waals surface area contributed by atoms with Gasteiger partial charge in [0.05, 0.1) is 19.0 Å². The minimum absolute atomic E-state index is 0.0228. The molecule has 1 heterocycles. The maximum absolute atomic E-state index is 13.0. The second-order valence-electron chi connectivity index (χ2n) is 6.28. The molecule has 0 atom stereocenters. The topological polar surface area (TPSA) is 73.7 Å². The normalized spacial score (nSPS) is 10.4. The van der Waals surface area contributed by atoms with Crippen molar-refractivity contribution in [3.63, 3.8) is 0 Å². The number of benzene rings is 2. The number of rotatable bonds is 7. The molecule has 0 fully saturated rings. The Bertz CT molecular complexity index is 987. The largest absolute Gasteiger partial charge is 0.493 e. The molecule has 29 heavy (non-hydrogen) atoms. The Kier molecular flexibility index (Phi) is 6.23. The fourth-order valence-corrected chi connectivity index (χ4v) is 2.62. The number of carbonyl (C=O) groups excluding carboxylic acids is 2. The molecule has 3 rings (SSSR count). The van der Waals surface area contributed by atoms with Crippen LogP contribution in [0.2, 0.25) is 0 Å². The van der Waals surface area contributed by atoms with Gasteiger partial charge in [0.25, 0.3) is 5.91 Å². The van der Waals surface area contributed by atoms with Crippen molar-refractivity contribution in [3.05, 3.63) is 77.9 Å². The van der Waals surface area contributed by atoms with Crippen molar-refractivity contribution in [1.29, 1.82) is 0 Å². The van der Waals surface area contributed by atoms with Gasteiger partial charge in [-0.15, -0.1) is 0 Å². The van der Waals surface area contributed by atoms with Crippen LogP contribution in [0.15, 0.2) is 60.8 Å². The van der Waals surface area contributed by atoms with Gasteiger partial charge in [0.2, 0.25) is 5.69 Å². The third-order valence-electron chi connectivity index (χ3n) is 4.20. The van der Waals surface area contributed by atoms with E-state index in [1.54, 1.807) is 25.4 Å². The molecule has 1 amide bonds. The molecule has 0 aliphatic rings. The summed E-state index contributed by atoms with van der Waals surface area (Å²) in [6, 6.07) is 15.0. The Morgan fingerprint density at radius 1 is 1.10 bits per heavy atom. The zero-order valence-corrected chi connectivity index (χ0v) is 16.0. The summed E-state index contributed by atoms with van der Waals surface area (Å²) < 4.78 is 24.8. The number of para-hydroxylation sites is 1. The molecule has 0 unspecified atom stereocenters. The first-order valence-corrected chi connectivity index (χ1v) is 8.82. The fraction of sp³-hybridized carbons (Fsp3) is 0.190. The lowest BCUT2D eigenvalue weighted by molar-refractivity contribution is -0.133. The number of hydrogen-bond donors (Lipinski definition) is 0. The van der Waals surface area contributed by atoms with Gasteiger partial charge >= 0.3 is 5.97 Å². The highest BCUT2D eigenvalue weighted by Gasteiger charge is 2.21. The highest BCUT2D eigenvalue weighted by Crippen LogP contribution is 2.20. The van der Waals surface area contributed by atoms with Gasteiger partial charge in [-0.1, -0.05) is 30.3 Å². The van der Waals surface area contributed by atoms with Crippen molar-refractivity contribution >= 4 is 11.9 Å². The van der Waals surface area contributed by atoms with Crippen LogP contribution in [0.25, 0.3) is 5.69 Å². The summed E-state index contributed by atoms with van der Waals surface area (Å²) in [6.07, 6.45) is 1.56. The van der Waals surface area contributed by atoms with Crippen molar-refractivity contribution in [2.45, 2.75) is 6.54 Å². The van der Waals surface area contributed by atoms with Gasteiger partial charge in [-0.3, -0.25) is 4.79 Å². The first-order valence-electron chi connectivity index (χ1n) is 8.82. The minimum Gasteiger partial charge on any atom is -0.493 e. The molecule has 0 saturated carbocycles. The molecule has 150 valence electrons. The monoisotopic (exact) mass is 397 g/mol. The Balaban J connectivity index is 1.62. The predicted octanol–water partition coefficient (Wildman–Crippen LogP) is 2.84. The van der Waals surface area contributed by atoms with E-state index in [0.29, 0.717) is 0 Å². The van der Waals surface area contributed by atoms with Gasteiger partial charge in [-0.05, 0) is 29.8 Å². The first kappa shape index (κ1) is 20.1. The fourth-order valence-electron chi connectivity index (χ4n) is 2.62. The summed E-state index contributed by atoms with van der Waals surface area (Å²) in [4.78, 5) is 26.0. The third-order valence-corrected chi connectivity index (χ3v) is 4.20. The standard InChI is InChI=1S/C21H20FN3O4/c1-24(12-15-8-10-16(22)11-9-15)19(26)14-29-21(27)20-18(28-2)13-25(23-20)17-6-4-3-5-7-17/h3-11,13H,12,14H2,1-2H3. The van der Waals surface area contributed by atoms with E-state index in [2.05, 4.69) is 5.10 Å². The summed E-state index contributed by atoms with van der Waals surface area (Å²) in [5.41, 5.74) is 1.49. The lowest BCUT2D eigenvalue weighted by Crippen LogP contribution is -2.31. The van der Waals surface area contributed by atoms with Gasteiger partial charge in [0.15, 0.2) is 12.4 Å². The Morgan fingerprint density at radius 2 is 1.79 bits per heavy atom. The molecule has 0 bridgehead atoms. The van der Waals surface area contributed by atoms with E-state index >= 15 is 0 Å². The van der Waals surface area contributed by atoms with E-state index in [9.17, 15) is 14.0 Å². The molecule has 2 aromatic carbocycles. The van der Waals surface area contributed by atoms with Crippen molar-refractivity contribution in [2.24, 2.45) is 0 Å². The molecule has 3 aromatic rings. The summed E-state index contributed by atoms with van der Waals surface area (Å²) in [7, 11) is 3.00. The quantitative estimate of drug-likeness (QED) is 0.573. The van der Waals surface area contributed by atoms with Gasteiger partial charge in [0.1, 0.15) is 5.82 Å². The lowest BCUT2D eigenvalue weighted by atomic mass is 10.2. The van der Waals surface area contributed by atoms with Gasteiger partial charge in [-0.2, -0.15) is 5.10 Å². The number of hydrogen-bond acceptors (Lipinski definition) is 5.